The number of likely N-dealkylation sites (N-methyl/N-ethyl adjacent to an activating group) is 1. The lowest BCUT2D eigenvalue weighted by Gasteiger charge is -2.04. The van der Waals surface area contributed by atoms with E-state index < -0.39 is 0 Å². The Labute approximate surface area is 79.0 Å². The molecule has 1 aromatic carbocycles. The van der Waals surface area contributed by atoms with E-state index in [1.54, 1.807) is 0 Å². The van der Waals surface area contributed by atoms with Crippen LogP contribution in [0.5, 0.6) is 0 Å². The molecule has 1 aromatic rings. The first-order valence-electron chi connectivity index (χ1n) is 4.43. The van der Waals surface area contributed by atoms with Crippen LogP contribution < -0.4 is 5.32 Å². The zero-order valence-electron chi connectivity index (χ0n) is 7.92. The van der Waals surface area contributed by atoms with Gasteiger partial charge in [0.05, 0.1) is 0 Å². The predicted octanol–water partition coefficient (Wildman–Crippen LogP) is 1.19. The van der Waals surface area contributed by atoms with E-state index in [0.717, 1.165) is 0 Å². The maximum absolute atomic E-state index is 8.00. The molecule has 0 amide bonds. The van der Waals surface area contributed by atoms with Crippen molar-refractivity contribution in [3.8, 4) is 0 Å². The lowest BCUT2D eigenvalue weighted by molar-refractivity contribution is -0.0979. The fraction of sp³-hybridized carbons (Fsp3) is 0.364. The second-order valence-corrected chi connectivity index (χ2v) is 3.16. The molecular weight excluding hydrogens is 162 g/mol. The molecule has 0 heterocycles. The third-order valence-corrected chi connectivity index (χ3v) is 2.46. The molecule has 13 heavy (non-hydrogen) atoms. The van der Waals surface area contributed by atoms with Gasteiger partial charge in [-0.25, -0.2) is 0 Å². The van der Waals surface area contributed by atoms with Crippen molar-refractivity contribution in [2.24, 2.45) is 0 Å². The number of hydrogen-bond acceptors (Lipinski definition) is 2. The van der Waals surface area contributed by atoms with Crippen molar-refractivity contribution in [2.75, 3.05) is 7.05 Å². The highest BCUT2D eigenvalue weighted by Gasteiger charge is 2.18. The van der Waals surface area contributed by atoms with Crippen molar-refractivity contribution < 1.29 is 4.79 Å². The summed E-state index contributed by atoms with van der Waals surface area (Å²) in [6.07, 6.45) is 2.40. The minimum atomic E-state index is 0.674. The number of benzene rings is 1. The minimum absolute atomic E-state index is 0.674. The van der Waals surface area contributed by atoms with E-state index in [-0.39, 0.29) is 0 Å². The largest absolute Gasteiger partial charge is 0.316 e. The smallest absolute Gasteiger partial charge is 0.106 e. The van der Waals surface area contributed by atoms with Gasteiger partial charge in [-0.15, -0.1) is 0 Å². The normalized spacial score (nSPS) is 14.5. The van der Waals surface area contributed by atoms with Crippen LogP contribution in [-0.4, -0.2) is 19.9 Å². The molecule has 0 radical (unpaired) electrons. The van der Waals surface area contributed by atoms with Crippen molar-refractivity contribution in [1.29, 1.82) is 0 Å². The molecule has 0 aromatic heterocycles. The fourth-order valence-electron chi connectivity index (χ4n) is 1.76. The van der Waals surface area contributed by atoms with E-state index >= 15 is 0 Å². The molecule has 2 rings (SSSR count). The van der Waals surface area contributed by atoms with Crippen LogP contribution in [0.4, 0.5) is 0 Å². The summed E-state index contributed by atoms with van der Waals surface area (Å²) in [4.78, 5) is 8.00. The van der Waals surface area contributed by atoms with Crippen LogP contribution in [-0.2, 0) is 17.6 Å². The van der Waals surface area contributed by atoms with Crippen molar-refractivity contribution in [1.82, 2.24) is 5.32 Å². The minimum Gasteiger partial charge on any atom is -0.316 e. The van der Waals surface area contributed by atoms with E-state index in [9.17, 15) is 0 Å². The maximum Gasteiger partial charge on any atom is 0.106 e. The van der Waals surface area contributed by atoms with E-state index in [1.165, 1.54) is 24.0 Å². The molecule has 0 unspecified atom stereocenters. The monoisotopic (exact) mass is 177 g/mol. The predicted molar refractivity (Wildman–Crippen MR) is 53.8 cm³/mol. The summed E-state index contributed by atoms with van der Waals surface area (Å²) in [6, 6.07) is 9.38. The molecule has 2 nitrogen and oxygen atoms in total. The van der Waals surface area contributed by atoms with E-state index in [2.05, 4.69) is 29.6 Å². The van der Waals surface area contributed by atoms with Gasteiger partial charge in [0.25, 0.3) is 0 Å². The third kappa shape index (κ3) is 2.16. The zero-order valence-corrected chi connectivity index (χ0v) is 7.92. The van der Waals surface area contributed by atoms with Crippen molar-refractivity contribution in [2.45, 2.75) is 18.9 Å². The standard InChI is InChI=1S/C10H13N.CH2O/c1-11-10-6-8-4-2-3-5-9(8)7-10;1-2/h2-5,10-11H,6-7H2,1H3;1H2. The highest BCUT2D eigenvalue weighted by molar-refractivity contribution is 5.33. The number of nitrogens with one attached hydrogen (secondary N) is 1. The number of carbonyl (C=O) groups is 1. The van der Waals surface area contributed by atoms with Gasteiger partial charge >= 0.3 is 0 Å². The Morgan fingerprint density at radius 3 is 2.08 bits per heavy atom. The molecule has 2 heteroatoms. The van der Waals surface area contributed by atoms with Crippen LogP contribution in [0.15, 0.2) is 24.3 Å². The van der Waals surface area contributed by atoms with Crippen LogP contribution in [0.25, 0.3) is 0 Å². The van der Waals surface area contributed by atoms with Gasteiger partial charge in [-0.3, -0.25) is 0 Å². The molecule has 1 aliphatic rings. The fourth-order valence-corrected chi connectivity index (χ4v) is 1.76. The average molecular weight is 177 g/mol. The lowest BCUT2D eigenvalue weighted by Crippen LogP contribution is -2.24. The van der Waals surface area contributed by atoms with Gasteiger partial charge < -0.3 is 10.1 Å². The SMILES string of the molecule is C=O.CNC1Cc2ccccc2C1. The molecule has 0 bridgehead atoms. The molecular formula is C11H15NO. The van der Waals surface area contributed by atoms with Gasteiger partial charge in [0.1, 0.15) is 6.79 Å². The first kappa shape index (κ1) is 9.93. The van der Waals surface area contributed by atoms with Gasteiger partial charge in [0.15, 0.2) is 0 Å². The Morgan fingerprint density at radius 1 is 1.23 bits per heavy atom. The number of fused-ring (bicyclic) bond motifs is 1. The van der Waals surface area contributed by atoms with Crippen LogP contribution in [0.1, 0.15) is 11.1 Å². The highest BCUT2D eigenvalue weighted by Crippen LogP contribution is 2.20. The maximum atomic E-state index is 8.00. The molecule has 0 saturated heterocycles. The van der Waals surface area contributed by atoms with Crippen molar-refractivity contribution in [3.05, 3.63) is 35.4 Å². The van der Waals surface area contributed by atoms with Gasteiger partial charge in [-0.1, -0.05) is 24.3 Å². The van der Waals surface area contributed by atoms with Gasteiger partial charge in [-0.2, -0.15) is 0 Å². The van der Waals surface area contributed by atoms with Gasteiger partial charge in [0.2, 0.25) is 0 Å². The molecule has 0 spiro atoms. The number of rotatable bonds is 1. The Balaban J connectivity index is 0.000000396. The van der Waals surface area contributed by atoms with Crippen LogP contribution in [0, 0.1) is 0 Å². The summed E-state index contributed by atoms with van der Waals surface area (Å²) in [5, 5.41) is 3.31. The zero-order chi connectivity index (χ0) is 9.68. The number of hydrogen-bond donors (Lipinski definition) is 1. The van der Waals surface area contributed by atoms with Crippen LogP contribution in [0.3, 0.4) is 0 Å². The molecule has 0 atom stereocenters. The first-order valence-corrected chi connectivity index (χ1v) is 4.43. The molecule has 0 fully saturated rings. The molecule has 1 N–H and O–H groups in total. The van der Waals surface area contributed by atoms with Gasteiger partial charge in [0, 0.05) is 6.04 Å². The quantitative estimate of drug-likeness (QED) is 0.698. The molecule has 0 aliphatic heterocycles. The Morgan fingerprint density at radius 2 is 1.69 bits per heavy atom. The lowest BCUT2D eigenvalue weighted by atomic mass is 10.1. The Bertz CT molecular complexity index is 248. The van der Waals surface area contributed by atoms with E-state index in [1.807, 2.05) is 13.8 Å². The summed E-state index contributed by atoms with van der Waals surface area (Å²) in [5.74, 6) is 0. The third-order valence-electron chi connectivity index (χ3n) is 2.46. The van der Waals surface area contributed by atoms with E-state index in [4.69, 9.17) is 4.79 Å². The Hall–Kier alpha value is -1.15. The second kappa shape index (κ2) is 4.77. The van der Waals surface area contributed by atoms with E-state index in [0.29, 0.717) is 6.04 Å². The summed E-state index contributed by atoms with van der Waals surface area (Å²) in [7, 11) is 2.04. The number of carbonyl (C=O) groups excluding carboxylic acids is 1. The summed E-state index contributed by atoms with van der Waals surface area (Å²) in [6.45, 7) is 2.00. The molecule has 0 saturated carbocycles. The first-order chi connectivity index (χ1) is 6.40. The topological polar surface area (TPSA) is 29.1 Å². The Kier molecular flexibility index (Phi) is 3.65. The van der Waals surface area contributed by atoms with Gasteiger partial charge in [-0.05, 0) is 31.0 Å². The average Bonchev–Trinajstić information content (AvgIpc) is 2.63. The van der Waals surface area contributed by atoms with Crippen LogP contribution >= 0.6 is 0 Å². The summed E-state index contributed by atoms with van der Waals surface area (Å²) < 4.78 is 0. The van der Waals surface area contributed by atoms with Crippen molar-refractivity contribution in [3.63, 3.8) is 0 Å². The van der Waals surface area contributed by atoms with Crippen molar-refractivity contribution >= 4 is 6.79 Å². The second-order valence-electron chi connectivity index (χ2n) is 3.16. The summed E-state index contributed by atoms with van der Waals surface area (Å²) >= 11 is 0. The highest BCUT2D eigenvalue weighted by atomic mass is 16.1. The molecule has 1 aliphatic carbocycles. The summed E-state index contributed by atoms with van der Waals surface area (Å²) in [5.41, 5.74) is 3.04. The molecule has 70 valence electrons. The van der Waals surface area contributed by atoms with Crippen LogP contribution in [0.2, 0.25) is 0 Å².